The summed E-state index contributed by atoms with van der Waals surface area (Å²) < 4.78 is 5.70. The molecule has 0 aliphatic carbocycles. The van der Waals surface area contributed by atoms with Crippen molar-refractivity contribution in [1.82, 2.24) is 10.3 Å². The Morgan fingerprint density at radius 1 is 1.23 bits per heavy atom. The number of fused-ring (bicyclic) bond motifs is 1. The zero-order chi connectivity index (χ0) is 18.4. The number of thiophene rings is 1. The van der Waals surface area contributed by atoms with E-state index in [4.69, 9.17) is 4.74 Å². The van der Waals surface area contributed by atoms with Crippen LogP contribution in [0.15, 0.2) is 85.8 Å². The second-order valence-corrected chi connectivity index (χ2v) is 6.56. The van der Waals surface area contributed by atoms with Crippen molar-refractivity contribution in [3.8, 4) is 5.06 Å². The summed E-state index contributed by atoms with van der Waals surface area (Å²) in [4.78, 5) is 17.6. The van der Waals surface area contributed by atoms with Crippen LogP contribution in [0.5, 0.6) is 5.06 Å². The first-order chi connectivity index (χ1) is 12.7. The summed E-state index contributed by atoms with van der Waals surface area (Å²) in [6.07, 6.45) is 6.74. The monoisotopic (exact) mass is 362 g/mol. The highest BCUT2D eigenvalue weighted by molar-refractivity contribution is 7.13. The van der Waals surface area contributed by atoms with Gasteiger partial charge in [-0.1, -0.05) is 25.3 Å². The third-order valence-electron chi connectivity index (χ3n) is 3.63. The molecule has 2 aromatic heterocycles. The van der Waals surface area contributed by atoms with Crippen LogP contribution in [0, 0.1) is 0 Å². The molecular weight excluding hydrogens is 344 g/mol. The maximum Gasteiger partial charge on any atom is 0.251 e. The number of benzene rings is 1. The van der Waals surface area contributed by atoms with Gasteiger partial charge in [0.1, 0.15) is 5.76 Å². The number of rotatable bonds is 7. The van der Waals surface area contributed by atoms with E-state index in [2.05, 4.69) is 23.5 Å². The van der Waals surface area contributed by atoms with Gasteiger partial charge in [0.25, 0.3) is 5.91 Å². The number of ether oxygens (including phenoxy) is 1. The highest BCUT2D eigenvalue weighted by Gasteiger charge is 2.08. The molecular formula is C21H18N2O2S. The smallest absolute Gasteiger partial charge is 0.251 e. The van der Waals surface area contributed by atoms with Crippen molar-refractivity contribution < 1.29 is 9.53 Å². The first kappa shape index (κ1) is 17.6. The molecule has 3 aromatic rings. The van der Waals surface area contributed by atoms with Crippen LogP contribution in [-0.4, -0.2) is 10.9 Å². The van der Waals surface area contributed by atoms with Crippen molar-refractivity contribution in [3.05, 3.63) is 96.2 Å². The van der Waals surface area contributed by atoms with Gasteiger partial charge in [-0.05, 0) is 48.6 Å². The number of nitrogens with one attached hydrogen (secondary N) is 1. The Morgan fingerprint density at radius 2 is 2.12 bits per heavy atom. The Balaban J connectivity index is 1.63. The van der Waals surface area contributed by atoms with Crippen LogP contribution in [0.25, 0.3) is 10.9 Å². The van der Waals surface area contributed by atoms with E-state index < -0.39 is 0 Å². The summed E-state index contributed by atoms with van der Waals surface area (Å²) in [6, 6.07) is 13.1. The highest BCUT2D eigenvalue weighted by atomic mass is 32.1. The van der Waals surface area contributed by atoms with Crippen LogP contribution in [-0.2, 0) is 6.54 Å². The number of aromatic nitrogens is 1. The minimum Gasteiger partial charge on any atom is -0.447 e. The quantitative estimate of drug-likeness (QED) is 0.482. The van der Waals surface area contributed by atoms with Gasteiger partial charge in [0.2, 0.25) is 0 Å². The first-order valence-corrected chi connectivity index (χ1v) is 8.86. The molecule has 0 radical (unpaired) electrons. The molecule has 1 amide bonds. The van der Waals surface area contributed by atoms with Gasteiger partial charge in [-0.25, -0.2) is 0 Å². The predicted molar refractivity (Wildman–Crippen MR) is 106 cm³/mol. The van der Waals surface area contributed by atoms with Crippen molar-refractivity contribution in [2.45, 2.75) is 6.54 Å². The Morgan fingerprint density at radius 3 is 2.92 bits per heavy atom. The molecule has 0 fully saturated rings. The average molecular weight is 362 g/mol. The number of nitrogens with zero attached hydrogens (tertiary/aromatic N) is 1. The van der Waals surface area contributed by atoms with Gasteiger partial charge in [0.15, 0.2) is 5.06 Å². The second kappa shape index (κ2) is 8.27. The molecule has 0 atom stereocenters. The number of hydrogen-bond acceptors (Lipinski definition) is 4. The summed E-state index contributed by atoms with van der Waals surface area (Å²) in [6.45, 7) is 7.78. The summed E-state index contributed by atoms with van der Waals surface area (Å²) in [5, 5.41) is 4.61. The van der Waals surface area contributed by atoms with E-state index in [1.54, 1.807) is 30.5 Å². The Bertz CT molecular complexity index is 988. The fourth-order valence-corrected chi connectivity index (χ4v) is 3.18. The van der Waals surface area contributed by atoms with E-state index in [0.717, 1.165) is 20.8 Å². The number of carbonyl (C=O) groups excluding carboxylic acids is 1. The van der Waals surface area contributed by atoms with Gasteiger partial charge in [0, 0.05) is 22.0 Å². The van der Waals surface area contributed by atoms with E-state index in [-0.39, 0.29) is 5.91 Å². The lowest BCUT2D eigenvalue weighted by molar-refractivity contribution is 0.0951. The van der Waals surface area contributed by atoms with Crippen LogP contribution >= 0.6 is 11.3 Å². The molecule has 130 valence electrons. The predicted octanol–water partition coefficient (Wildman–Crippen LogP) is 4.86. The zero-order valence-corrected chi connectivity index (χ0v) is 15.0. The van der Waals surface area contributed by atoms with Crippen molar-refractivity contribution >= 4 is 28.1 Å². The van der Waals surface area contributed by atoms with Crippen LogP contribution in [0.4, 0.5) is 0 Å². The normalized spacial score (nSPS) is 11.2. The maximum atomic E-state index is 12.4. The van der Waals surface area contributed by atoms with E-state index in [1.807, 2.05) is 36.4 Å². The summed E-state index contributed by atoms with van der Waals surface area (Å²) >= 11 is 1.47. The summed E-state index contributed by atoms with van der Waals surface area (Å²) in [7, 11) is 0. The third kappa shape index (κ3) is 4.26. The third-order valence-corrected chi connectivity index (χ3v) is 4.59. The van der Waals surface area contributed by atoms with Crippen LogP contribution in [0.3, 0.4) is 0 Å². The van der Waals surface area contributed by atoms with Gasteiger partial charge >= 0.3 is 0 Å². The minimum absolute atomic E-state index is 0.120. The fourth-order valence-electron chi connectivity index (χ4n) is 2.37. The number of hydrogen-bond donors (Lipinski definition) is 1. The molecule has 2 heterocycles. The van der Waals surface area contributed by atoms with Gasteiger partial charge in [-0.15, -0.1) is 11.3 Å². The van der Waals surface area contributed by atoms with E-state index in [9.17, 15) is 4.79 Å². The van der Waals surface area contributed by atoms with Crippen molar-refractivity contribution in [3.63, 3.8) is 0 Å². The highest BCUT2D eigenvalue weighted by Crippen LogP contribution is 2.26. The maximum absolute atomic E-state index is 12.4. The first-order valence-electron chi connectivity index (χ1n) is 8.04. The van der Waals surface area contributed by atoms with E-state index in [0.29, 0.717) is 17.9 Å². The standard InChI is InChI=1S/C21H18N2O2S/c1-3-6-17(4-2)25-20-11-9-18(26-20)14-23-21(24)16-8-10-19-15(13-16)7-5-12-22-19/h3-13H,1-2,14H2,(H,23,24)/b17-6+. The molecule has 1 N–H and O–H groups in total. The number of carbonyl (C=O) groups is 1. The van der Waals surface area contributed by atoms with Gasteiger partial charge in [-0.3, -0.25) is 9.78 Å². The molecule has 0 aliphatic rings. The molecule has 0 aliphatic heterocycles. The lowest BCUT2D eigenvalue weighted by Gasteiger charge is -2.05. The minimum atomic E-state index is -0.120. The molecule has 26 heavy (non-hydrogen) atoms. The number of amides is 1. The van der Waals surface area contributed by atoms with Crippen molar-refractivity contribution in [1.29, 1.82) is 0 Å². The number of allylic oxidation sites excluding steroid dienone is 3. The lowest BCUT2D eigenvalue weighted by Crippen LogP contribution is -2.22. The molecule has 0 saturated carbocycles. The summed E-state index contributed by atoms with van der Waals surface area (Å²) in [5.41, 5.74) is 1.48. The lowest BCUT2D eigenvalue weighted by atomic mass is 10.1. The topological polar surface area (TPSA) is 51.2 Å². The van der Waals surface area contributed by atoms with Gasteiger partial charge in [0.05, 0.1) is 12.1 Å². The van der Waals surface area contributed by atoms with Crippen molar-refractivity contribution in [2.24, 2.45) is 0 Å². The largest absolute Gasteiger partial charge is 0.447 e. The Kier molecular flexibility index (Phi) is 5.61. The molecule has 4 nitrogen and oxygen atoms in total. The Hall–Kier alpha value is -3.18. The molecule has 3 rings (SSSR count). The number of pyridine rings is 1. The van der Waals surface area contributed by atoms with E-state index >= 15 is 0 Å². The Labute approximate surface area is 156 Å². The zero-order valence-electron chi connectivity index (χ0n) is 14.1. The van der Waals surface area contributed by atoms with Crippen molar-refractivity contribution in [2.75, 3.05) is 0 Å². The summed E-state index contributed by atoms with van der Waals surface area (Å²) in [5.74, 6) is 0.507. The van der Waals surface area contributed by atoms with E-state index in [1.165, 1.54) is 11.3 Å². The molecule has 0 spiro atoms. The van der Waals surface area contributed by atoms with Crippen LogP contribution in [0.1, 0.15) is 15.2 Å². The molecule has 0 saturated heterocycles. The average Bonchev–Trinajstić information content (AvgIpc) is 3.12. The van der Waals surface area contributed by atoms with Crippen LogP contribution in [0.2, 0.25) is 0 Å². The van der Waals surface area contributed by atoms with Crippen LogP contribution < -0.4 is 10.1 Å². The SMILES string of the molecule is C=C/C=C(\C=C)Oc1ccc(CNC(=O)c2ccc3ncccc3c2)s1. The van der Waals surface area contributed by atoms with Gasteiger partial charge in [-0.2, -0.15) is 0 Å². The second-order valence-electron chi connectivity index (χ2n) is 5.43. The molecule has 0 unspecified atom stereocenters. The van der Waals surface area contributed by atoms with Gasteiger partial charge < -0.3 is 10.1 Å². The molecule has 0 bridgehead atoms. The molecule has 5 heteroatoms. The fraction of sp³-hybridized carbons (Fsp3) is 0.0476. The molecule has 1 aromatic carbocycles.